The van der Waals surface area contributed by atoms with Crippen LogP contribution in [0.25, 0.3) is 10.8 Å². The predicted molar refractivity (Wildman–Crippen MR) is 55.7 cm³/mol. The highest BCUT2D eigenvalue weighted by molar-refractivity contribution is 7.13. The number of hydrogen-bond acceptors (Lipinski definition) is 2. The van der Waals surface area contributed by atoms with Crippen molar-refractivity contribution < 1.29 is 0 Å². The maximum absolute atomic E-state index is 5.71. The Labute approximate surface area is 75.8 Å². The molecule has 0 aliphatic rings. The maximum atomic E-state index is 5.71. The monoisotopic (exact) mass is 177 g/mol. The Morgan fingerprint density at radius 2 is 1.75 bits per heavy atom. The number of benzene rings is 1. The van der Waals surface area contributed by atoms with Gasteiger partial charge in [0.1, 0.15) is 0 Å². The zero-order chi connectivity index (χ0) is 8.72. The van der Waals surface area contributed by atoms with Crippen molar-refractivity contribution in [2.45, 2.75) is 13.8 Å². The number of anilines is 1. The van der Waals surface area contributed by atoms with Crippen molar-refractivity contribution in [3.05, 3.63) is 28.0 Å². The van der Waals surface area contributed by atoms with E-state index in [0.29, 0.717) is 0 Å². The quantitative estimate of drug-likeness (QED) is 0.615. The first-order chi connectivity index (χ1) is 5.68. The van der Waals surface area contributed by atoms with Crippen LogP contribution in [-0.4, -0.2) is 0 Å². The van der Waals surface area contributed by atoms with Gasteiger partial charge in [0, 0.05) is 15.4 Å². The van der Waals surface area contributed by atoms with Crippen LogP contribution in [0, 0.1) is 13.8 Å². The van der Waals surface area contributed by atoms with Crippen LogP contribution in [0.5, 0.6) is 0 Å². The molecule has 0 fully saturated rings. The van der Waals surface area contributed by atoms with Gasteiger partial charge < -0.3 is 5.73 Å². The average molecular weight is 177 g/mol. The second-order valence-corrected chi connectivity index (χ2v) is 4.45. The number of nitrogen functional groups attached to an aromatic ring is 1. The van der Waals surface area contributed by atoms with Crippen LogP contribution in [-0.2, 0) is 0 Å². The molecule has 12 heavy (non-hydrogen) atoms. The molecule has 2 rings (SSSR count). The lowest BCUT2D eigenvalue weighted by molar-refractivity contribution is 1.66. The minimum atomic E-state index is 0.850. The first-order valence-corrected chi connectivity index (χ1v) is 4.75. The predicted octanol–water partition coefficient (Wildman–Crippen LogP) is 3.10. The molecule has 0 spiro atoms. The fourth-order valence-corrected chi connectivity index (χ4v) is 2.53. The van der Waals surface area contributed by atoms with E-state index in [0.717, 1.165) is 5.69 Å². The second-order valence-electron chi connectivity index (χ2n) is 3.02. The van der Waals surface area contributed by atoms with E-state index in [9.17, 15) is 0 Å². The van der Waals surface area contributed by atoms with Crippen LogP contribution < -0.4 is 5.73 Å². The molecule has 0 saturated heterocycles. The van der Waals surface area contributed by atoms with Crippen molar-refractivity contribution in [1.29, 1.82) is 0 Å². The standard InChI is InChI=1S/C10H11NS/c1-6-9-4-3-8(11)5-10(9)7(2)12-6/h3-5H,11H2,1-2H3. The molecule has 0 aliphatic heterocycles. The molecule has 2 N–H and O–H groups in total. The molecule has 1 aromatic carbocycles. The number of rotatable bonds is 0. The molecule has 62 valence electrons. The highest BCUT2D eigenvalue weighted by Crippen LogP contribution is 2.30. The Morgan fingerprint density at radius 1 is 1.08 bits per heavy atom. The van der Waals surface area contributed by atoms with Gasteiger partial charge in [0.05, 0.1) is 0 Å². The van der Waals surface area contributed by atoms with Crippen LogP contribution in [0.3, 0.4) is 0 Å². The molecule has 1 nitrogen and oxygen atoms in total. The van der Waals surface area contributed by atoms with E-state index in [1.165, 1.54) is 20.5 Å². The number of aryl methyl sites for hydroxylation is 2. The third-order valence-electron chi connectivity index (χ3n) is 2.11. The van der Waals surface area contributed by atoms with Gasteiger partial charge in [-0.25, -0.2) is 0 Å². The lowest BCUT2D eigenvalue weighted by atomic mass is 10.1. The Balaban J connectivity index is 2.90. The van der Waals surface area contributed by atoms with Gasteiger partial charge in [0.15, 0.2) is 0 Å². The van der Waals surface area contributed by atoms with Crippen molar-refractivity contribution >= 4 is 27.8 Å². The molecule has 0 radical (unpaired) electrons. The van der Waals surface area contributed by atoms with E-state index in [-0.39, 0.29) is 0 Å². The SMILES string of the molecule is Cc1sc(C)c2cc(N)ccc12. The van der Waals surface area contributed by atoms with Crippen molar-refractivity contribution in [2.24, 2.45) is 0 Å². The average Bonchev–Trinajstić information content (AvgIpc) is 2.28. The third kappa shape index (κ3) is 0.994. The summed E-state index contributed by atoms with van der Waals surface area (Å²) in [6.45, 7) is 4.29. The molecule has 0 amide bonds. The van der Waals surface area contributed by atoms with E-state index in [2.05, 4.69) is 19.9 Å². The van der Waals surface area contributed by atoms with E-state index in [1.54, 1.807) is 0 Å². The van der Waals surface area contributed by atoms with Gasteiger partial charge in [-0.15, -0.1) is 11.3 Å². The molecule has 2 aromatic rings. The summed E-state index contributed by atoms with van der Waals surface area (Å²) in [6, 6.07) is 6.11. The Hall–Kier alpha value is -1.02. The zero-order valence-corrected chi connectivity index (χ0v) is 8.03. The summed E-state index contributed by atoms with van der Waals surface area (Å²) in [4.78, 5) is 2.73. The van der Waals surface area contributed by atoms with Crippen LogP contribution in [0.1, 0.15) is 9.75 Å². The van der Waals surface area contributed by atoms with Gasteiger partial charge in [0.25, 0.3) is 0 Å². The molecule has 2 heteroatoms. The lowest BCUT2D eigenvalue weighted by Gasteiger charge is -1.94. The Bertz CT molecular complexity index is 429. The summed E-state index contributed by atoms with van der Waals surface area (Å²) >= 11 is 1.84. The normalized spacial score (nSPS) is 10.8. The first kappa shape index (κ1) is 7.62. The lowest BCUT2D eigenvalue weighted by Crippen LogP contribution is -1.82. The smallest absolute Gasteiger partial charge is 0.0320 e. The second kappa shape index (κ2) is 2.49. The fraction of sp³-hybridized carbons (Fsp3) is 0.200. The van der Waals surface area contributed by atoms with Crippen LogP contribution in [0.2, 0.25) is 0 Å². The highest BCUT2D eigenvalue weighted by Gasteiger charge is 2.03. The van der Waals surface area contributed by atoms with Crippen LogP contribution >= 0.6 is 11.3 Å². The van der Waals surface area contributed by atoms with E-state index in [1.807, 2.05) is 23.5 Å². The molecule has 1 aromatic heterocycles. The van der Waals surface area contributed by atoms with Crippen molar-refractivity contribution in [3.8, 4) is 0 Å². The molecule has 0 aliphatic carbocycles. The number of hydrogen-bond donors (Lipinski definition) is 1. The van der Waals surface area contributed by atoms with Crippen molar-refractivity contribution in [1.82, 2.24) is 0 Å². The van der Waals surface area contributed by atoms with Gasteiger partial charge in [0.2, 0.25) is 0 Å². The highest BCUT2D eigenvalue weighted by atomic mass is 32.1. The molecule has 0 unspecified atom stereocenters. The van der Waals surface area contributed by atoms with Crippen LogP contribution in [0.4, 0.5) is 5.69 Å². The van der Waals surface area contributed by atoms with Gasteiger partial charge in [-0.1, -0.05) is 6.07 Å². The molecular weight excluding hydrogens is 166 g/mol. The van der Waals surface area contributed by atoms with Crippen molar-refractivity contribution in [2.75, 3.05) is 5.73 Å². The van der Waals surface area contributed by atoms with Gasteiger partial charge in [-0.3, -0.25) is 0 Å². The van der Waals surface area contributed by atoms with E-state index >= 15 is 0 Å². The molecule has 0 saturated carbocycles. The number of nitrogens with two attached hydrogens (primary N) is 1. The minimum absolute atomic E-state index is 0.850. The fourth-order valence-electron chi connectivity index (χ4n) is 1.50. The number of thiophene rings is 1. The molecule has 1 heterocycles. The Kier molecular flexibility index (Phi) is 1.58. The topological polar surface area (TPSA) is 26.0 Å². The van der Waals surface area contributed by atoms with Crippen LogP contribution in [0.15, 0.2) is 18.2 Å². The summed E-state index contributed by atoms with van der Waals surface area (Å²) in [5, 5.41) is 2.64. The zero-order valence-electron chi connectivity index (χ0n) is 7.22. The molecule has 0 atom stereocenters. The Morgan fingerprint density at radius 3 is 2.50 bits per heavy atom. The van der Waals surface area contributed by atoms with E-state index < -0.39 is 0 Å². The van der Waals surface area contributed by atoms with Gasteiger partial charge in [-0.05, 0) is 36.8 Å². The summed E-state index contributed by atoms with van der Waals surface area (Å²) in [5.74, 6) is 0. The maximum Gasteiger partial charge on any atom is 0.0320 e. The summed E-state index contributed by atoms with van der Waals surface area (Å²) < 4.78 is 0. The van der Waals surface area contributed by atoms with Gasteiger partial charge >= 0.3 is 0 Å². The number of fused-ring (bicyclic) bond motifs is 1. The van der Waals surface area contributed by atoms with Crippen molar-refractivity contribution in [3.63, 3.8) is 0 Å². The minimum Gasteiger partial charge on any atom is -0.399 e. The summed E-state index contributed by atoms with van der Waals surface area (Å²) in [6.07, 6.45) is 0. The van der Waals surface area contributed by atoms with E-state index in [4.69, 9.17) is 5.73 Å². The summed E-state index contributed by atoms with van der Waals surface area (Å²) in [5.41, 5.74) is 6.56. The summed E-state index contributed by atoms with van der Waals surface area (Å²) in [7, 11) is 0. The third-order valence-corrected chi connectivity index (χ3v) is 3.16. The largest absolute Gasteiger partial charge is 0.399 e. The molecular formula is C10H11NS. The van der Waals surface area contributed by atoms with Gasteiger partial charge in [-0.2, -0.15) is 0 Å². The first-order valence-electron chi connectivity index (χ1n) is 3.93. The molecule has 0 bridgehead atoms.